The van der Waals surface area contributed by atoms with Gasteiger partial charge in [-0.25, -0.2) is 4.98 Å². The van der Waals surface area contributed by atoms with Crippen LogP contribution in [0.25, 0.3) is 0 Å². The van der Waals surface area contributed by atoms with E-state index in [0.29, 0.717) is 0 Å². The van der Waals surface area contributed by atoms with Gasteiger partial charge in [-0.2, -0.15) is 0 Å². The Morgan fingerprint density at radius 2 is 1.88 bits per heavy atom. The van der Waals surface area contributed by atoms with Crippen molar-refractivity contribution in [3.8, 4) is 0 Å². The zero-order valence-electron chi connectivity index (χ0n) is 10.2. The van der Waals surface area contributed by atoms with Crippen LogP contribution in [0, 0.1) is 0 Å². The highest BCUT2D eigenvalue weighted by Crippen LogP contribution is 2.19. The van der Waals surface area contributed by atoms with Crippen molar-refractivity contribution >= 4 is 11.5 Å². The van der Waals surface area contributed by atoms with E-state index < -0.39 is 0 Å². The van der Waals surface area contributed by atoms with Gasteiger partial charge in [0.15, 0.2) is 0 Å². The topological polar surface area (TPSA) is 28.5 Å². The lowest BCUT2D eigenvalue weighted by Crippen LogP contribution is -2.30. The van der Waals surface area contributed by atoms with Gasteiger partial charge in [-0.1, -0.05) is 0 Å². The highest BCUT2D eigenvalue weighted by atomic mass is 15.2. The summed E-state index contributed by atoms with van der Waals surface area (Å²) in [6.45, 7) is 3.31. The summed E-state index contributed by atoms with van der Waals surface area (Å²) in [6, 6.07) is 4.34. The molecular weight excluding hydrogens is 210 g/mol. The molecule has 1 saturated heterocycles. The molecule has 0 amide bonds. The van der Waals surface area contributed by atoms with E-state index in [1.165, 1.54) is 37.0 Å². The van der Waals surface area contributed by atoms with Gasteiger partial charge in [0.05, 0.1) is 0 Å². The van der Waals surface area contributed by atoms with Crippen LogP contribution in [0.1, 0.15) is 37.7 Å². The number of hydrogen-bond donors (Lipinski definition) is 0. The van der Waals surface area contributed by atoms with Crippen molar-refractivity contribution in [2.24, 2.45) is 4.99 Å². The van der Waals surface area contributed by atoms with Gasteiger partial charge >= 0.3 is 0 Å². The third kappa shape index (κ3) is 2.33. The number of hydrogen-bond acceptors (Lipinski definition) is 3. The molecule has 0 saturated carbocycles. The smallest absolute Gasteiger partial charge is 0.128 e. The molecule has 0 N–H and O–H groups in total. The van der Waals surface area contributed by atoms with Crippen molar-refractivity contribution in [1.82, 2.24) is 4.98 Å². The summed E-state index contributed by atoms with van der Waals surface area (Å²) in [5.74, 6) is 1.13. The molecule has 3 rings (SSSR count). The summed E-state index contributed by atoms with van der Waals surface area (Å²) < 4.78 is 0. The molecule has 1 aromatic rings. The predicted octanol–water partition coefficient (Wildman–Crippen LogP) is 2.65. The van der Waals surface area contributed by atoms with Crippen LogP contribution in [0.15, 0.2) is 23.3 Å². The van der Waals surface area contributed by atoms with E-state index in [1.807, 2.05) is 6.20 Å². The number of anilines is 1. The van der Waals surface area contributed by atoms with E-state index in [4.69, 9.17) is 0 Å². The molecular formula is C14H19N3. The van der Waals surface area contributed by atoms with Gasteiger partial charge in [0.25, 0.3) is 0 Å². The Hall–Kier alpha value is -1.38. The molecule has 0 spiro atoms. The lowest BCUT2D eigenvalue weighted by Gasteiger charge is -2.27. The average Bonchev–Trinajstić information content (AvgIpc) is 2.94. The van der Waals surface area contributed by atoms with Gasteiger partial charge < -0.3 is 4.90 Å². The van der Waals surface area contributed by atoms with Crippen LogP contribution in [0.5, 0.6) is 0 Å². The maximum atomic E-state index is 4.59. The largest absolute Gasteiger partial charge is 0.357 e. The van der Waals surface area contributed by atoms with Crippen LogP contribution >= 0.6 is 0 Å². The molecule has 3 nitrogen and oxygen atoms in total. The molecule has 0 bridgehead atoms. The first-order chi connectivity index (χ1) is 8.43. The molecule has 1 fully saturated rings. The minimum absolute atomic E-state index is 0.989. The van der Waals surface area contributed by atoms with E-state index in [1.54, 1.807) is 0 Å². The van der Waals surface area contributed by atoms with E-state index in [9.17, 15) is 0 Å². The molecule has 17 heavy (non-hydrogen) atoms. The molecule has 1 aromatic heterocycles. The SMILES string of the molecule is c1cc(N2CCCCC2)ncc1C1=NCCC1. The summed E-state index contributed by atoms with van der Waals surface area (Å²) in [6.07, 6.45) is 8.28. The maximum absolute atomic E-state index is 4.59. The Morgan fingerprint density at radius 3 is 2.53 bits per heavy atom. The fourth-order valence-electron chi connectivity index (χ4n) is 2.64. The summed E-state index contributed by atoms with van der Waals surface area (Å²) in [7, 11) is 0. The van der Waals surface area contributed by atoms with Gasteiger partial charge in [0.2, 0.25) is 0 Å². The predicted molar refractivity (Wildman–Crippen MR) is 70.9 cm³/mol. The molecule has 0 aromatic carbocycles. The fraction of sp³-hybridized carbons (Fsp3) is 0.571. The second-order valence-electron chi connectivity index (χ2n) is 4.88. The third-order valence-electron chi connectivity index (χ3n) is 3.64. The van der Waals surface area contributed by atoms with Gasteiger partial charge in [-0.3, -0.25) is 4.99 Å². The molecule has 3 heteroatoms. The first-order valence-electron chi connectivity index (χ1n) is 6.68. The van der Waals surface area contributed by atoms with Crippen LogP contribution in [0.3, 0.4) is 0 Å². The summed E-state index contributed by atoms with van der Waals surface area (Å²) >= 11 is 0. The van der Waals surface area contributed by atoms with E-state index in [2.05, 4.69) is 27.0 Å². The Morgan fingerprint density at radius 1 is 1.00 bits per heavy atom. The summed E-state index contributed by atoms with van der Waals surface area (Å²) in [4.78, 5) is 11.5. The normalized spacial score (nSPS) is 20.5. The number of nitrogens with zero attached hydrogens (tertiary/aromatic N) is 3. The van der Waals surface area contributed by atoms with Crippen molar-refractivity contribution in [1.29, 1.82) is 0 Å². The molecule has 0 aliphatic carbocycles. The quantitative estimate of drug-likeness (QED) is 0.780. The third-order valence-corrected chi connectivity index (χ3v) is 3.64. The van der Waals surface area contributed by atoms with Crippen LogP contribution in [0.2, 0.25) is 0 Å². The van der Waals surface area contributed by atoms with Crippen LogP contribution in [-0.2, 0) is 0 Å². The molecule has 0 radical (unpaired) electrons. The number of piperidine rings is 1. The molecule has 90 valence electrons. The zero-order valence-corrected chi connectivity index (χ0v) is 10.2. The molecule has 2 aliphatic rings. The number of rotatable bonds is 2. The minimum Gasteiger partial charge on any atom is -0.357 e. The zero-order chi connectivity index (χ0) is 11.5. The number of aliphatic imine (C=N–C) groups is 1. The summed E-state index contributed by atoms with van der Waals surface area (Å²) in [5, 5.41) is 0. The Labute approximate surface area is 103 Å². The summed E-state index contributed by atoms with van der Waals surface area (Å²) in [5.41, 5.74) is 2.45. The highest BCUT2D eigenvalue weighted by molar-refractivity contribution is 6.01. The number of aromatic nitrogens is 1. The second kappa shape index (κ2) is 4.86. The Kier molecular flexibility index (Phi) is 3.08. The van der Waals surface area contributed by atoms with Crippen molar-refractivity contribution in [2.45, 2.75) is 32.1 Å². The minimum atomic E-state index is 0.989. The first-order valence-corrected chi connectivity index (χ1v) is 6.68. The fourth-order valence-corrected chi connectivity index (χ4v) is 2.64. The highest BCUT2D eigenvalue weighted by Gasteiger charge is 2.13. The van der Waals surface area contributed by atoms with Crippen LogP contribution in [0.4, 0.5) is 5.82 Å². The molecule has 0 unspecified atom stereocenters. The molecule has 2 aliphatic heterocycles. The van der Waals surface area contributed by atoms with Crippen LogP contribution in [-0.4, -0.2) is 30.3 Å². The van der Waals surface area contributed by atoms with Crippen molar-refractivity contribution in [2.75, 3.05) is 24.5 Å². The van der Waals surface area contributed by atoms with Gasteiger partial charge in [-0.15, -0.1) is 0 Å². The van der Waals surface area contributed by atoms with Crippen molar-refractivity contribution in [3.63, 3.8) is 0 Å². The monoisotopic (exact) mass is 229 g/mol. The Bertz CT molecular complexity index is 402. The average molecular weight is 229 g/mol. The Balaban J connectivity index is 1.75. The molecule has 3 heterocycles. The molecule has 0 atom stereocenters. The van der Waals surface area contributed by atoms with Crippen LogP contribution < -0.4 is 4.90 Å². The van der Waals surface area contributed by atoms with Crippen molar-refractivity contribution in [3.05, 3.63) is 23.9 Å². The standard InChI is InChI=1S/C14H19N3/c1-2-9-17(10-3-1)14-7-6-12(11-16-14)13-5-4-8-15-13/h6-7,11H,1-5,8-10H2. The van der Waals surface area contributed by atoms with Crippen molar-refractivity contribution < 1.29 is 0 Å². The van der Waals surface area contributed by atoms with E-state index >= 15 is 0 Å². The van der Waals surface area contributed by atoms with E-state index in [0.717, 1.165) is 31.9 Å². The van der Waals surface area contributed by atoms with Gasteiger partial charge in [0.1, 0.15) is 5.82 Å². The van der Waals surface area contributed by atoms with Gasteiger partial charge in [-0.05, 0) is 44.2 Å². The lowest BCUT2D eigenvalue weighted by atomic mass is 10.1. The maximum Gasteiger partial charge on any atom is 0.128 e. The second-order valence-corrected chi connectivity index (χ2v) is 4.88. The van der Waals surface area contributed by atoms with Gasteiger partial charge in [0, 0.05) is 37.1 Å². The lowest BCUT2D eigenvalue weighted by molar-refractivity contribution is 0.573. The van der Waals surface area contributed by atoms with E-state index in [-0.39, 0.29) is 0 Å². The first kappa shape index (κ1) is 10.8. The number of pyridine rings is 1.